The number of hydrogen-bond donors (Lipinski definition) is 1. The molecule has 0 aromatic heterocycles. The van der Waals surface area contributed by atoms with Gasteiger partial charge >= 0.3 is 0 Å². The standard InChI is InChI=1S/C12H22O2/c1-11(7-4-9-13)5-3-6-12(2)8-10-14/h5,9,12,14H,3-4,6-8,10H2,1-2H3/b11-5+/t12-/m1/s1. The number of hydrogen-bond acceptors (Lipinski definition) is 2. The van der Waals surface area contributed by atoms with E-state index in [0.717, 1.165) is 32.0 Å². The molecule has 0 aliphatic rings. The highest BCUT2D eigenvalue weighted by molar-refractivity contribution is 5.49. The van der Waals surface area contributed by atoms with E-state index in [2.05, 4.69) is 19.9 Å². The molecule has 0 aromatic rings. The Hall–Kier alpha value is -0.630. The number of aldehydes is 1. The zero-order valence-corrected chi connectivity index (χ0v) is 9.33. The molecule has 0 bridgehead atoms. The lowest BCUT2D eigenvalue weighted by atomic mass is 10.0. The normalized spacial score (nSPS) is 14.1. The molecule has 2 nitrogen and oxygen atoms in total. The molecule has 0 fully saturated rings. The lowest BCUT2D eigenvalue weighted by molar-refractivity contribution is -0.107. The van der Waals surface area contributed by atoms with Crippen LogP contribution < -0.4 is 0 Å². The summed E-state index contributed by atoms with van der Waals surface area (Å²) in [5, 5.41) is 8.71. The first-order valence-corrected chi connectivity index (χ1v) is 5.40. The Kier molecular flexibility index (Phi) is 8.54. The minimum Gasteiger partial charge on any atom is -0.396 e. The second-order valence-electron chi connectivity index (χ2n) is 3.95. The molecule has 0 aliphatic heterocycles. The van der Waals surface area contributed by atoms with E-state index in [9.17, 15) is 4.79 Å². The van der Waals surface area contributed by atoms with Crippen LogP contribution in [0.2, 0.25) is 0 Å². The molecule has 0 heterocycles. The Balaban J connectivity index is 3.53. The Labute approximate surface area is 87.0 Å². The molecule has 0 aliphatic carbocycles. The molecule has 0 rings (SSSR count). The second-order valence-corrected chi connectivity index (χ2v) is 3.95. The van der Waals surface area contributed by atoms with Crippen molar-refractivity contribution in [3.05, 3.63) is 11.6 Å². The Bertz CT molecular complexity index is 173. The Morgan fingerprint density at radius 2 is 2.07 bits per heavy atom. The van der Waals surface area contributed by atoms with Gasteiger partial charge in [-0.3, -0.25) is 0 Å². The van der Waals surface area contributed by atoms with Crippen LogP contribution in [0.5, 0.6) is 0 Å². The quantitative estimate of drug-likeness (QED) is 0.481. The summed E-state index contributed by atoms with van der Waals surface area (Å²) in [7, 11) is 0. The molecule has 0 spiro atoms. The highest BCUT2D eigenvalue weighted by Gasteiger charge is 1.99. The molecule has 0 radical (unpaired) electrons. The first kappa shape index (κ1) is 13.4. The fraction of sp³-hybridized carbons (Fsp3) is 0.750. The Morgan fingerprint density at radius 1 is 1.36 bits per heavy atom. The van der Waals surface area contributed by atoms with Crippen molar-refractivity contribution in [3.63, 3.8) is 0 Å². The maximum atomic E-state index is 10.1. The highest BCUT2D eigenvalue weighted by Crippen LogP contribution is 2.12. The van der Waals surface area contributed by atoms with Gasteiger partial charge in [0, 0.05) is 13.0 Å². The summed E-state index contributed by atoms with van der Waals surface area (Å²) in [5.74, 6) is 0.593. The van der Waals surface area contributed by atoms with E-state index in [0.29, 0.717) is 12.3 Å². The first-order valence-electron chi connectivity index (χ1n) is 5.40. The third kappa shape index (κ3) is 7.99. The molecule has 0 saturated carbocycles. The molecule has 0 saturated heterocycles. The summed E-state index contributed by atoms with van der Waals surface area (Å²) < 4.78 is 0. The van der Waals surface area contributed by atoms with Crippen LogP contribution in [0.15, 0.2) is 11.6 Å². The van der Waals surface area contributed by atoms with Gasteiger partial charge in [0.2, 0.25) is 0 Å². The average molecular weight is 198 g/mol. The largest absolute Gasteiger partial charge is 0.396 e. The van der Waals surface area contributed by atoms with Gasteiger partial charge in [0.05, 0.1) is 0 Å². The van der Waals surface area contributed by atoms with Gasteiger partial charge in [-0.15, -0.1) is 0 Å². The zero-order valence-electron chi connectivity index (χ0n) is 9.33. The number of allylic oxidation sites excluding steroid dienone is 2. The number of aliphatic hydroxyl groups is 1. The van der Waals surface area contributed by atoms with E-state index in [4.69, 9.17) is 5.11 Å². The van der Waals surface area contributed by atoms with Crippen molar-refractivity contribution in [2.75, 3.05) is 6.61 Å². The SMILES string of the molecule is C/C(=C\CC[C@@H](C)CCO)CCC=O. The van der Waals surface area contributed by atoms with Crippen LogP contribution >= 0.6 is 0 Å². The molecular weight excluding hydrogens is 176 g/mol. The molecule has 1 atom stereocenters. The summed E-state index contributed by atoms with van der Waals surface area (Å²) in [5.41, 5.74) is 1.30. The summed E-state index contributed by atoms with van der Waals surface area (Å²) in [4.78, 5) is 10.1. The molecule has 14 heavy (non-hydrogen) atoms. The molecule has 0 unspecified atom stereocenters. The lowest BCUT2D eigenvalue weighted by Gasteiger charge is -2.07. The molecular formula is C12H22O2. The van der Waals surface area contributed by atoms with E-state index < -0.39 is 0 Å². The average Bonchev–Trinajstić information content (AvgIpc) is 2.15. The topological polar surface area (TPSA) is 37.3 Å². The summed E-state index contributed by atoms with van der Waals surface area (Å²) in [6.07, 6.45) is 7.77. The van der Waals surface area contributed by atoms with Crippen molar-refractivity contribution in [3.8, 4) is 0 Å². The minimum atomic E-state index is 0.287. The third-order valence-electron chi connectivity index (χ3n) is 2.43. The van der Waals surface area contributed by atoms with E-state index in [1.165, 1.54) is 5.57 Å². The number of carbonyl (C=O) groups excluding carboxylic acids is 1. The number of carbonyl (C=O) groups is 1. The fourth-order valence-corrected chi connectivity index (χ4v) is 1.37. The Morgan fingerprint density at radius 3 is 2.64 bits per heavy atom. The monoisotopic (exact) mass is 198 g/mol. The number of aliphatic hydroxyl groups excluding tert-OH is 1. The molecule has 1 N–H and O–H groups in total. The maximum absolute atomic E-state index is 10.1. The van der Waals surface area contributed by atoms with Crippen molar-refractivity contribution in [1.29, 1.82) is 0 Å². The smallest absolute Gasteiger partial charge is 0.120 e. The van der Waals surface area contributed by atoms with Gasteiger partial charge < -0.3 is 9.90 Å². The summed E-state index contributed by atoms with van der Waals surface area (Å²) in [6, 6.07) is 0. The van der Waals surface area contributed by atoms with E-state index in [-0.39, 0.29) is 6.61 Å². The first-order chi connectivity index (χ1) is 6.70. The van der Waals surface area contributed by atoms with Crippen LogP contribution in [-0.2, 0) is 4.79 Å². The van der Waals surface area contributed by atoms with Crippen molar-refractivity contribution in [2.24, 2.45) is 5.92 Å². The minimum absolute atomic E-state index is 0.287. The predicted molar refractivity (Wildman–Crippen MR) is 59.2 cm³/mol. The van der Waals surface area contributed by atoms with Crippen LogP contribution in [0.25, 0.3) is 0 Å². The van der Waals surface area contributed by atoms with Gasteiger partial charge in [-0.25, -0.2) is 0 Å². The van der Waals surface area contributed by atoms with Crippen LogP contribution in [0.4, 0.5) is 0 Å². The van der Waals surface area contributed by atoms with Crippen molar-refractivity contribution >= 4 is 6.29 Å². The van der Waals surface area contributed by atoms with Crippen LogP contribution in [0.3, 0.4) is 0 Å². The van der Waals surface area contributed by atoms with Gasteiger partial charge in [0.1, 0.15) is 6.29 Å². The molecule has 0 aromatic carbocycles. The van der Waals surface area contributed by atoms with E-state index >= 15 is 0 Å². The van der Waals surface area contributed by atoms with Crippen LogP contribution in [0.1, 0.15) is 46.0 Å². The molecule has 2 heteroatoms. The van der Waals surface area contributed by atoms with Crippen molar-refractivity contribution in [1.82, 2.24) is 0 Å². The summed E-state index contributed by atoms with van der Waals surface area (Å²) in [6.45, 7) is 4.51. The number of rotatable bonds is 8. The summed E-state index contributed by atoms with van der Waals surface area (Å²) >= 11 is 0. The van der Waals surface area contributed by atoms with Gasteiger partial charge in [-0.2, -0.15) is 0 Å². The fourth-order valence-electron chi connectivity index (χ4n) is 1.37. The van der Waals surface area contributed by atoms with Crippen LogP contribution in [0, 0.1) is 5.92 Å². The predicted octanol–water partition coefficient (Wildman–Crippen LogP) is 2.71. The van der Waals surface area contributed by atoms with Crippen molar-refractivity contribution in [2.45, 2.75) is 46.0 Å². The van der Waals surface area contributed by atoms with E-state index in [1.807, 2.05) is 0 Å². The van der Waals surface area contributed by atoms with E-state index in [1.54, 1.807) is 0 Å². The molecule has 0 amide bonds. The van der Waals surface area contributed by atoms with Gasteiger partial charge in [-0.05, 0) is 38.5 Å². The second kappa shape index (κ2) is 8.95. The van der Waals surface area contributed by atoms with Gasteiger partial charge in [0.25, 0.3) is 0 Å². The maximum Gasteiger partial charge on any atom is 0.120 e. The molecule has 82 valence electrons. The van der Waals surface area contributed by atoms with Crippen molar-refractivity contribution < 1.29 is 9.90 Å². The van der Waals surface area contributed by atoms with Gasteiger partial charge in [-0.1, -0.05) is 18.6 Å². The lowest BCUT2D eigenvalue weighted by Crippen LogP contribution is -1.97. The zero-order chi connectivity index (χ0) is 10.8. The van der Waals surface area contributed by atoms with Gasteiger partial charge in [0.15, 0.2) is 0 Å². The van der Waals surface area contributed by atoms with Crippen LogP contribution in [-0.4, -0.2) is 18.0 Å². The highest BCUT2D eigenvalue weighted by atomic mass is 16.3. The third-order valence-corrected chi connectivity index (χ3v) is 2.43.